The molecule has 0 amide bonds. The van der Waals surface area contributed by atoms with E-state index in [9.17, 15) is 9.18 Å². The summed E-state index contributed by atoms with van der Waals surface area (Å²) < 4.78 is 13.3. The first-order valence-electron chi connectivity index (χ1n) is 8.84. The fourth-order valence-corrected chi connectivity index (χ4v) is 3.22. The van der Waals surface area contributed by atoms with Gasteiger partial charge >= 0.3 is 0 Å². The summed E-state index contributed by atoms with van der Waals surface area (Å²) in [5, 5.41) is 7.41. The molecule has 7 nitrogen and oxygen atoms in total. The Bertz CT molecular complexity index is 1060. The highest BCUT2D eigenvalue weighted by atomic mass is 19.1. The number of benzene rings is 1. The minimum atomic E-state index is -0.374. The Morgan fingerprint density at radius 3 is 2.93 bits per heavy atom. The number of fused-ring (bicyclic) bond motifs is 2. The van der Waals surface area contributed by atoms with Crippen LogP contribution >= 0.6 is 0 Å². The number of pyridine rings is 1. The van der Waals surface area contributed by atoms with Crippen LogP contribution in [0.5, 0.6) is 0 Å². The summed E-state index contributed by atoms with van der Waals surface area (Å²) in [5.74, 6) is 1.01. The molecule has 0 fully saturated rings. The van der Waals surface area contributed by atoms with Gasteiger partial charge in [0.25, 0.3) is 5.56 Å². The molecule has 2 aromatic heterocycles. The molecule has 0 spiro atoms. The average Bonchev–Trinajstić information content (AvgIpc) is 2.65. The molecular weight excluding hydrogens is 347 g/mol. The van der Waals surface area contributed by atoms with E-state index in [4.69, 9.17) is 0 Å². The summed E-state index contributed by atoms with van der Waals surface area (Å²) in [4.78, 5) is 26.2. The van der Waals surface area contributed by atoms with Gasteiger partial charge in [-0.15, -0.1) is 0 Å². The number of hydrogen-bond donors (Lipinski definition) is 3. The quantitative estimate of drug-likeness (QED) is 0.651. The lowest BCUT2D eigenvalue weighted by atomic mass is 10.1. The molecule has 0 aliphatic carbocycles. The molecular formula is C19H21FN6O. The molecule has 0 unspecified atom stereocenters. The van der Waals surface area contributed by atoms with Gasteiger partial charge in [-0.25, -0.2) is 9.37 Å². The highest BCUT2D eigenvalue weighted by Crippen LogP contribution is 2.23. The Morgan fingerprint density at radius 2 is 2.11 bits per heavy atom. The number of nitrogens with one attached hydrogen (secondary N) is 3. The number of nitrogens with zero attached hydrogens (tertiary/aromatic N) is 3. The molecule has 1 aromatic carbocycles. The molecule has 0 radical (unpaired) electrons. The number of rotatable bonds is 4. The first kappa shape index (κ1) is 17.4. The minimum absolute atomic E-state index is 0.238. The molecule has 3 N–H and O–H groups in total. The SMILES string of the molecule is CN(C)c1nc2c(c(NCc3cc4ccc(F)cc4[nH]c3=O)n1)CCNC2. The Balaban J connectivity index is 1.66. The van der Waals surface area contributed by atoms with Gasteiger partial charge in [0.1, 0.15) is 11.6 Å². The first-order valence-corrected chi connectivity index (χ1v) is 8.84. The van der Waals surface area contributed by atoms with Crippen LogP contribution in [0.25, 0.3) is 10.9 Å². The second kappa shape index (κ2) is 6.96. The lowest BCUT2D eigenvalue weighted by molar-refractivity contribution is 0.623. The van der Waals surface area contributed by atoms with Gasteiger partial charge in [-0.05, 0) is 42.6 Å². The number of hydrogen-bond acceptors (Lipinski definition) is 6. The second-order valence-electron chi connectivity index (χ2n) is 6.83. The lowest BCUT2D eigenvalue weighted by Crippen LogP contribution is -2.28. The molecule has 0 bridgehead atoms. The predicted octanol–water partition coefficient (Wildman–Crippen LogP) is 1.78. The van der Waals surface area contributed by atoms with Crippen molar-refractivity contribution in [2.45, 2.75) is 19.5 Å². The molecule has 3 aromatic rings. The van der Waals surface area contributed by atoms with Crippen LogP contribution < -0.4 is 21.1 Å². The number of aromatic nitrogens is 3. The molecule has 0 atom stereocenters. The van der Waals surface area contributed by atoms with E-state index >= 15 is 0 Å². The predicted molar refractivity (Wildman–Crippen MR) is 104 cm³/mol. The first-order chi connectivity index (χ1) is 13.0. The van der Waals surface area contributed by atoms with Gasteiger partial charge in [-0.3, -0.25) is 4.79 Å². The van der Waals surface area contributed by atoms with Crippen molar-refractivity contribution in [3.05, 3.63) is 57.3 Å². The van der Waals surface area contributed by atoms with Crippen LogP contribution in [0, 0.1) is 5.82 Å². The van der Waals surface area contributed by atoms with Crippen LogP contribution in [0.1, 0.15) is 16.8 Å². The summed E-state index contributed by atoms with van der Waals surface area (Å²) in [7, 11) is 3.80. The van der Waals surface area contributed by atoms with Crippen molar-refractivity contribution in [3.8, 4) is 0 Å². The van der Waals surface area contributed by atoms with Crippen molar-refractivity contribution >= 4 is 22.7 Å². The number of aromatic amines is 1. The summed E-state index contributed by atoms with van der Waals surface area (Å²) >= 11 is 0. The molecule has 140 valence electrons. The third-order valence-corrected chi connectivity index (χ3v) is 4.66. The Kier molecular flexibility index (Phi) is 4.49. The number of halogens is 1. The normalized spacial score (nSPS) is 13.4. The molecule has 1 aliphatic heterocycles. The second-order valence-corrected chi connectivity index (χ2v) is 6.83. The fraction of sp³-hybridized carbons (Fsp3) is 0.316. The van der Waals surface area contributed by atoms with E-state index in [1.54, 1.807) is 12.1 Å². The van der Waals surface area contributed by atoms with Crippen LogP contribution in [0.3, 0.4) is 0 Å². The zero-order valence-electron chi connectivity index (χ0n) is 15.3. The smallest absolute Gasteiger partial charge is 0.253 e. The van der Waals surface area contributed by atoms with Crippen molar-refractivity contribution in [3.63, 3.8) is 0 Å². The van der Waals surface area contributed by atoms with E-state index in [0.29, 0.717) is 30.1 Å². The number of H-pyrrole nitrogens is 1. The average molecular weight is 368 g/mol. The molecule has 0 saturated carbocycles. The Hall–Kier alpha value is -3.00. The molecule has 27 heavy (non-hydrogen) atoms. The zero-order valence-corrected chi connectivity index (χ0v) is 15.3. The van der Waals surface area contributed by atoms with E-state index in [1.165, 1.54) is 12.1 Å². The van der Waals surface area contributed by atoms with Gasteiger partial charge in [0.15, 0.2) is 0 Å². The van der Waals surface area contributed by atoms with E-state index in [-0.39, 0.29) is 11.4 Å². The maximum Gasteiger partial charge on any atom is 0.253 e. The highest BCUT2D eigenvalue weighted by molar-refractivity contribution is 5.79. The van der Waals surface area contributed by atoms with Crippen molar-refractivity contribution in [2.75, 3.05) is 30.9 Å². The van der Waals surface area contributed by atoms with Crippen molar-refractivity contribution < 1.29 is 4.39 Å². The molecule has 0 saturated heterocycles. The summed E-state index contributed by atoms with van der Waals surface area (Å²) in [6, 6.07) is 6.15. The zero-order chi connectivity index (χ0) is 19.0. The lowest BCUT2D eigenvalue weighted by Gasteiger charge is -2.22. The fourth-order valence-electron chi connectivity index (χ4n) is 3.22. The largest absolute Gasteiger partial charge is 0.365 e. The van der Waals surface area contributed by atoms with Crippen molar-refractivity contribution in [1.29, 1.82) is 0 Å². The minimum Gasteiger partial charge on any atom is -0.365 e. The summed E-state index contributed by atoms with van der Waals surface area (Å²) in [5.41, 5.74) is 2.88. The van der Waals surface area contributed by atoms with Crippen LogP contribution in [0.4, 0.5) is 16.2 Å². The molecule has 3 heterocycles. The van der Waals surface area contributed by atoms with Crippen LogP contribution in [-0.4, -0.2) is 35.6 Å². The van der Waals surface area contributed by atoms with E-state index in [1.807, 2.05) is 19.0 Å². The topological polar surface area (TPSA) is 85.9 Å². The third-order valence-electron chi connectivity index (χ3n) is 4.66. The van der Waals surface area contributed by atoms with Crippen LogP contribution in [-0.2, 0) is 19.5 Å². The van der Waals surface area contributed by atoms with Gasteiger partial charge in [0, 0.05) is 38.3 Å². The summed E-state index contributed by atoms with van der Waals surface area (Å²) in [6.07, 6.45) is 0.832. The third kappa shape index (κ3) is 3.48. The molecule has 8 heteroatoms. The maximum atomic E-state index is 13.3. The van der Waals surface area contributed by atoms with E-state index in [0.717, 1.165) is 35.4 Å². The van der Waals surface area contributed by atoms with Gasteiger partial charge in [-0.2, -0.15) is 4.98 Å². The molecule has 4 rings (SSSR count). The Labute approximate surface area is 155 Å². The van der Waals surface area contributed by atoms with Crippen molar-refractivity contribution in [2.24, 2.45) is 0 Å². The summed E-state index contributed by atoms with van der Waals surface area (Å²) in [6.45, 7) is 1.90. The number of anilines is 2. The van der Waals surface area contributed by atoms with Gasteiger partial charge in [-0.1, -0.05) is 0 Å². The van der Waals surface area contributed by atoms with Gasteiger partial charge in [0.2, 0.25) is 5.95 Å². The monoisotopic (exact) mass is 368 g/mol. The van der Waals surface area contributed by atoms with Crippen molar-refractivity contribution in [1.82, 2.24) is 20.3 Å². The standard InChI is InChI=1S/C19H21FN6O/c1-26(2)19-24-16-10-21-6-5-14(16)17(25-19)22-9-12-7-11-3-4-13(20)8-15(11)23-18(12)27/h3-4,7-8,21H,5-6,9-10H2,1-2H3,(H,23,27)(H,22,24,25). The highest BCUT2D eigenvalue weighted by Gasteiger charge is 2.18. The van der Waals surface area contributed by atoms with Crippen LogP contribution in [0.2, 0.25) is 0 Å². The van der Waals surface area contributed by atoms with Crippen LogP contribution in [0.15, 0.2) is 29.1 Å². The van der Waals surface area contributed by atoms with Gasteiger partial charge in [0.05, 0.1) is 11.2 Å². The van der Waals surface area contributed by atoms with E-state index < -0.39 is 0 Å². The van der Waals surface area contributed by atoms with Gasteiger partial charge < -0.3 is 20.5 Å². The van der Waals surface area contributed by atoms with E-state index in [2.05, 4.69) is 25.6 Å². The molecule has 1 aliphatic rings. The Morgan fingerprint density at radius 1 is 1.26 bits per heavy atom. The maximum absolute atomic E-state index is 13.3.